The highest BCUT2D eigenvalue weighted by Gasteiger charge is 2.36. The van der Waals surface area contributed by atoms with Crippen molar-refractivity contribution in [1.82, 2.24) is 14.0 Å². The van der Waals surface area contributed by atoms with Crippen molar-refractivity contribution in [2.45, 2.75) is 0 Å². The lowest BCUT2D eigenvalue weighted by Crippen LogP contribution is -2.30. The molecular weight excluding hydrogens is 462 g/mol. The molecule has 0 aliphatic heterocycles. The molecule has 0 bridgehead atoms. The average Bonchev–Trinajstić information content (AvgIpc) is 2.80. The van der Waals surface area contributed by atoms with Crippen LogP contribution in [-0.4, -0.2) is 70.4 Å². The number of rotatable bonds is 8. The van der Waals surface area contributed by atoms with Gasteiger partial charge in [0.15, 0.2) is 0 Å². The van der Waals surface area contributed by atoms with E-state index in [1.54, 1.807) is 0 Å². The summed E-state index contributed by atoms with van der Waals surface area (Å²) in [5, 5.41) is 12.0. The molecule has 8 nitrogen and oxygen atoms in total. The maximum absolute atomic E-state index is 5.47. The average molecular weight is 498 g/mol. The lowest BCUT2D eigenvalue weighted by atomic mass is 10.1. The quantitative estimate of drug-likeness (QED) is 0.204. The van der Waals surface area contributed by atoms with Crippen LogP contribution in [0, 0.1) is 0 Å². The lowest BCUT2D eigenvalue weighted by molar-refractivity contribution is 0.475. The van der Waals surface area contributed by atoms with Crippen LogP contribution in [-0.2, 0) is 0 Å². The van der Waals surface area contributed by atoms with Crippen LogP contribution in [0.3, 0.4) is 0 Å². The molecule has 34 heavy (non-hydrogen) atoms. The van der Waals surface area contributed by atoms with Gasteiger partial charge in [-0.15, -0.1) is 5.11 Å². The van der Waals surface area contributed by atoms with Gasteiger partial charge in [0.25, 0.3) is 0 Å². The van der Waals surface area contributed by atoms with Gasteiger partial charge in [-0.3, -0.25) is 0 Å². The smallest absolute Gasteiger partial charge is 0.377 e. The van der Waals surface area contributed by atoms with E-state index in [1.807, 2.05) is 30.3 Å². The molecule has 0 spiro atoms. The van der Waals surface area contributed by atoms with E-state index in [-0.39, 0.29) is 0 Å². The van der Waals surface area contributed by atoms with E-state index >= 15 is 0 Å². The maximum Gasteiger partial charge on any atom is 0.418 e. The van der Waals surface area contributed by atoms with Crippen molar-refractivity contribution in [3.8, 4) is 0 Å². The first-order chi connectivity index (χ1) is 16.2. The van der Waals surface area contributed by atoms with Gasteiger partial charge in [0.1, 0.15) is 0 Å². The molecule has 3 aromatic carbocycles. The molecule has 3 rings (SSSR count). The first-order valence-electron chi connectivity index (χ1n) is 11.0. The van der Waals surface area contributed by atoms with E-state index in [2.05, 4.69) is 122 Å². The maximum atomic E-state index is 5.47. The van der Waals surface area contributed by atoms with Gasteiger partial charge in [0, 0.05) is 19.8 Å². The second-order valence-electron chi connectivity index (χ2n) is 8.62. The molecule has 0 saturated carbocycles. The highest BCUT2D eigenvalue weighted by molar-refractivity contribution is 7.68. The van der Waals surface area contributed by atoms with Crippen molar-refractivity contribution >= 4 is 42.8 Å². The van der Waals surface area contributed by atoms with Crippen LogP contribution < -0.4 is 10.2 Å². The van der Waals surface area contributed by atoms with Gasteiger partial charge in [-0.1, -0.05) is 42.5 Å². The Morgan fingerprint density at radius 3 is 1.82 bits per heavy atom. The fourth-order valence-electron chi connectivity index (χ4n) is 3.99. The molecule has 0 saturated heterocycles. The molecule has 180 valence electrons. The normalized spacial score (nSPS) is 13.0. The molecule has 0 aliphatic rings. The zero-order valence-electron chi connectivity index (χ0n) is 21.3. The molecule has 1 atom stereocenters. The Bertz CT molecular complexity index is 1200. The first kappa shape index (κ1) is 26.1. The molecule has 0 amide bonds. The Labute approximate surface area is 204 Å². The van der Waals surface area contributed by atoms with Crippen molar-refractivity contribution in [3.05, 3.63) is 66.7 Å². The van der Waals surface area contributed by atoms with Crippen molar-refractivity contribution in [3.63, 3.8) is 0 Å². The highest BCUT2D eigenvalue weighted by atomic mass is 31.2. The molecule has 0 aliphatic carbocycles. The molecule has 10 heteroatoms. The van der Waals surface area contributed by atoms with Gasteiger partial charge in [-0.2, -0.15) is 0 Å². The van der Waals surface area contributed by atoms with Crippen LogP contribution in [0.2, 0.25) is 0 Å². The summed E-state index contributed by atoms with van der Waals surface area (Å²) in [6, 6.07) is 22.4. The Hall–Kier alpha value is -2.47. The predicted octanol–water partition coefficient (Wildman–Crippen LogP) is 6.44. The first-order valence-corrected chi connectivity index (χ1v) is 13.8. The largest absolute Gasteiger partial charge is 0.418 e. The highest BCUT2D eigenvalue weighted by Crippen LogP contribution is 2.59. The van der Waals surface area contributed by atoms with Gasteiger partial charge in [0.2, 0.25) is 12.8 Å². The van der Waals surface area contributed by atoms with Crippen LogP contribution in [0.25, 0.3) is 10.8 Å². The topological polar surface area (TPSA) is 62.4 Å². The van der Waals surface area contributed by atoms with E-state index in [9.17, 15) is 0 Å². The predicted molar refractivity (Wildman–Crippen MR) is 149 cm³/mol. The van der Waals surface area contributed by atoms with E-state index in [1.165, 1.54) is 0 Å². The Balaban J connectivity index is 2.36. The second-order valence-corrected chi connectivity index (χ2v) is 14.0. The summed E-state index contributed by atoms with van der Waals surface area (Å²) >= 11 is 0. The number of hydrogen-bond donors (Lipinski definition) is 0. The molecule has 0 aromatic heterocycles. The van der Waals surface area contributed by atoms with Crippen LogP contribution in [0.1, 0.15) is 0 Å². The molecule has 0 heterocycles. The standard InChI is InChI=1S/C24H35N8P2/c1-29(2)22-18-12-14-20-15-13-19-23(24(20)22)33(27-26-25-21-16-10-9-11-17-21)28-34(30(3)4,31(5)6)32(7)8/h9-19H,1-8H3/q+1. The van der Waals surface area contributed by atoms with Crippen LogP contribution in [0.5, 0.6) is 0 Å². The zero-order valence-corrected chi connectivity index (χ0v) is 23.1. The van der Waals surface area contributed by atoms with Crippen molar-refractivity contribution in [1.29, 1.82) is 0 Å². The van der Waals surface area contributed by atoms with Gasteiger partial charge >= 0.3 is 7.86 Å². The van der Waals surface area contributed by atoms with Gasteiger partial charge < -0.3 is 4.90 Å². The van der Waals surface area contributed by atoms with Crippen molar-refractivity contribution in [2.24, 2.45) is 19.7 Å². The number of hydrogen-bond acceptors (Lipinski definition) is 2. The second kappa shape index (κ2) is 11.3. The van der Waals surface area contributed by atoms with Gasteiger partial charge in [-0.05, 0) is 81.7 Å². The number of fused-ring (bicyclic) bond motifs is 1. The Morgan fingerprint density at radius 2 is 1.26 bits per heavy atom. The summed E-state index contributed by atoms with van der Waals surface area (Å²) in [4.78, 5) is 6.89. The fourth-order valence-corrected chi connectivity index (χ4v) is 10.4. The van der Waals surface area contributed by atoms with Crippen LogP contribution >= 0.6 is 15.4 Å². The van der Waals surface area contributed by atoms with E-state index in [4.69, 9.17) is 9.37 Å². The Morgan fingerprint density at radius 1 is 0.676 bits per heavy atom. The van der Waals surface area contributed by atoms with Crippen LogP contribution in [0.15, 0.2) is 86.4 Å². The third-order valence-electron chi connectivity index (χ3n) is 5.41. The summed E-state index contributed by atoms with van der Waals surface area (Å²) in [5.41, 5.74) is 1.90. The summed E-state index contributed by atoms with van der Waals surface area (Å²) in [6.45, 7) is 0. The number of nitrogens with zero attached hydrogens (tertiary/aromatic N) is 8. The third-order valence-corrected chi connectivity index (χ3v) is 11.3. The molecule has 3 aromatic rings. The van der Waals surface area contributed by atoms with Gasteiger partial charge in [0.05, 0.1) is 15.9 Å². The minimum absolute atomic E-state index is 0.766. The fraction of sp³-hybridized carbons (Fsp3) is 0.333. The summed E-state index contributed by atoms with van der Waals surface area (Å²) < 4.78 is 12.1. The number of anilines is 1. The lowest BCUT2D eigenvalue weighted by Gasteiger charge is -2.38. The summed E-state index contributed by atoms with van der Waals surface area (Å²) in [6.07, 6.45) is 0. The van der Waals surface area contributed by atoms with Crippen molar-refractivity contribution < 1.29 is 0 Å². The summed E-state index contributed by atoms with van der Waals surface area (Å²) in [5.74, 6) is 0. The molecule has 0 N–H and O–H groups in total. The minimum atomic E-state index is -2.22. The number of benzene rings is 3. The van der Waals surface area contributed by atoms with Gasteiger partial charge in [-0.25, -0.2) is 14.0 Å². The van der Waals surface area contributed by atoms with E-state index in [0.29, 0.717) is 0 Å². The van der Waals surface area contributed by atoms with E-state index in [0.717, 1.165) is 27.5 Å². The molecule has 1 unspecified atom stereocenters. The molecular formula is C24H35N8P2+. The zero-order chi connectivity index (χ0) is 24.9. The van der Waals surface area contributed by atoms with Crippen LogP contribution in [0.4, 0.5) is 11.4 Å². The summed E-state index contributed by atoms with van der Waals surface area (Å²) in [7, 11) is 13.0. The third kappa shape index (κ3) is 5.43. The minimum Gasteiger partial charge on any atom is -0.377 e. The monoisotopic (exact) mass is 497 g/mol. The molecule has 0 fully saturated rings. The Kier molecular flexibility index (Phi) is 8.69. The molecule has 0 radical (unpaired) electrons. The van der Waals surface area contributed by atoms with Crippen molar-refractivity contribution in [2.75, 3.05) is 61.3 Å². The SMILES string of the molecule is CN(C)c1cccc2cccc(/[P+](N=P(N(C)C)(N(C)C)N(C)C)=N\N=Nc3ccccc3)c12. The van der Waals surface area contributed by atoms with E-state index < -0.39 is 15.4 Å².